The van der Waals surface area contributed by atoms with E-state index >= 15 is 0 Å². The normalized spacial score (nSPS) is 27.1. The molecule has 0 bridgehead atoms. The van der Waals surface area contributed by atoms with E-state index in [9.17, 15) is 60.3 Å². The lowest BCUT2D eigenvalue weighted by atomic mass is 10.0. The van der Waals surface area contributed by atoms with Crippen molar-refractivity contribution in [2.45, 2.75) is 267 Å². The maximum absolute atomic E-state index is 14.5. The van der Waals surface area contributed by atoms with Crippen LogP contribution in [0.5, 0.6) is 23.3 Å². The molecule has 4 aliphatic carbocycles. The van der Waals surface area contributed by atoms with Gasteiger partial charge >= 0.3 is 38.8 Å². The summed E-state index contributed by atoms with van der Waals surface area (Å²) in [6.45, 7) is 14.3. The molecule has 12 rings (SSSR count). The number of ether oxygens (including phenoxy) is 6. The number of carboxylic acid groups (broad SMARTS) is 1. The number of carbonyl (C=O) groups excluding carboxylic acids is 7. The van der Waals surface area contributed by atoms with E-state index < -0.39 is 144 Å². The number of benzene rings is 2. The lowest BCUT2D eigenvalue weighted by Crippen LogP contribution is -2.58. The average molecular weight is 1590 g/mol. The van der Waals surface area contributed by atoms with Crippen LogP contribution >= 0.6 is 0 Å². The number of alkyl carbamates (subject to hydrolysis) is 2. The molecule has 6 fully saturated rings. The van der Waals surface area contributed by atoms with Crippen molar-refractivity contribution in [2.24, 2.45) is 17.0 Å². The molecule has 4 aromatic rings. The van der Waals surface area contributed by atoms with E-state index in [1.165, 1.54) is 9.80 Å². The first kappa shape index (κ1) is 84.5. The molecule has 111 heavy (non-hydrogen) atoms. The van der Waals surface area contributed by atoms with Crippen molar-refractivity contribution in [3.8, 4) is 23.3 Å². The molecule has 8 aliphatic rings. The van der Waals surface area contributed by atoms with Gasteiger partial charge in [-0.05, 0) is 191 Å². The third kappa shape index (κ3) is 22.5. The van der Waals surface area contributed by atoms with Crippen molar-refractivity contribution in [3.63, 3.8) is 0 Å². The summed E-state index contributed by atoms with van der Waals surface area (Å²) in [5, 5.41) is 29.0. The minimum Gasteiger partial charge on any atom is -0.497 e. The first-order valence-electron chi connectivity index (χ1n) is 38.4. The molecule has 33 heteroatoms. The third-order valence-corrected chi connectivity index (χ3v) is 22.5. The molecule has 4 saturated carbocycles. The van der Waals surface area contributed by atoms with Crippen LogP contribution in [0.1, 0.15) is 197 Å². The Bertz CT molecular complexity index is 4390. The van der Waals surface area contributed by atoms with Crippen LogP contribution in [0.25, 0.3) is 21.5 Å². The van der Waals surface area contributed by atoms with Gasteiger partial charge in [0.2, 0.25) is 35.4 Å². The molecule has 2 saturated heterocycles. The number of amides is 7. The van der Waals surface area contributed by atoms with Gasteiger partial charge in [0.15, 0.2) is 0 Å². The molecule has 0 unspecified atom stereocenters. The lowest BCUT2D eigenvalue weighted by molar-refractivity contribution is -0.145. The van der Waals surface area contributed by atoms with Crippen molar-refractivity contribution in [3.05, 3.63) is 85.2 Å². The van der Waals surface area contributed by atoms with Crippen molar-refractivity contribution < 1.29 is 97.1 Å². The number of allylic oxidation sites excluding steroid dienone is 2. The van der Waals surface area contributed by atoms with Gasteiger partial charge in [-0.25, -0.2) is 38.4 Å². The van der Waals surface area contributed by atoms with Crippen LogP contribution in [0.2, 0.25) is 0 Å². The number of aromatic nitrogens is 2. The number of hydrogen-bond acceptors (Lipinski definition) is 22. The van der Waals surface area contributed by atoms with E-state index in [1.807, 2.05) is 74.5 Å². The van der Waals surface area contributed by atoms with Gasteiger partial charge in [-0.1, -0.05) is 76.7 Å². The van der Waals surface area contributed by atoms with Gasteiger partial charge in [0, 0.05) is 47.8 Å². The molecule has 31 nitrogen and oxygen atoms in total. The number of nitrogens with one attached hydrogen (secondary N) is 5. The summed E-state index contributed by atoms with van der Waals surface area (Å²) in [5.41, 5.74) is -5.85. The minimum absolute atomic E-state index is 0.0259. The van der Waals surface area contributed by atoms with Gasteiger partial charge in [-0.3, -0.25) is 28.2 Å². The van der Waals surface area contributed by atoms with Crippen LogP contribution in [-0.2, 0) is 67.2 Å². The standard InChI is InChI=1S/C39H53N5O10S.C33H42N4O8.C6H13NO3S/c1-6-17-38(18-19-38)54-55(49,50)43-35(47)39-23-26(39)12-10-8-7-9-11-13-30(41-36(48)53-37(2,3)4)34(46)44-24-28(22-31(44)32(45)42-39)52-33-29-15-14-27(51-5)21-25(29)16-20-40-33;1-32(2,3)45-31(42)35-25-11-9-7-5-6-8-10-21-18-33(21,30(40)41)36-27(38)26-17-23(19-37(26)29(25)39)44-28-24-13-12-22(43-4)16-20(24)14-15-34-28;1-2-3-6(4-5-6)10-11(7,8)9/h10,12,14-16,20-21,26,28,30-31H,6-9,11,13,17-19,22-24H2,1-5H3,(H,41,48)(H,42,45)(H,43,47);8,10,12-16,21,23,25-26H,5-7,9,11,17-19H2,1-4H3,(H,35,42)(H,36,38)(H,40,41);2-5H2,1H3,(H2,7,8,9)/b12-10-;10-8-;/t26-,28-,30+,31+,39-;21-,23-,25+,26+,33-;/m11./s1. The molecule has 0 radical (unpaired) electrons. The number of hydrogen-bond donors (Lipinski definition) is 7. The second-order valence-corrected chi connectivity index (χ2v) is 34.6. The van der Waals surface area contributed by atoms with E-state index in [4.69, 9.17) is 41.9 Å². The Morgan fingerprint density at radius 2 is 1.03 bits per heavy atom. The number of pyridine rings is 2. The summed E-state index contributed by atoms with van der Waals surface area (Å²) in [6.07, 6.45) is 20.8. The first-order valence-corrected chi connectivity index (χ1v) is 41.3. The number of fused-ring (bicyclic) bond motifs is 6. The predicted molar refractivity (Wildman–Crippen MR) is 408 cm³/mol. The molecule has 8 N–H and O–H groups in total. The number of aliphatic carboxylic acids is 1. The molecule has 7 amide bonds. The summed E-state index contributed by atoms with van der Waals surface area (Å²) in [6, 6.07) is 10.5. The van der Waals surface area contributed by atoms with Crippen molar-refractivity contribution >= 4 is 89.8 Å². The van der Waals surface area contributed by atoms with Crippen LogP contribution in [-0.4, -0.2) is 187 Å². The Morgan fingerprint density at radius 1 is 0.604 bits per heavy atom. The SMILES string of the molecule is CCCC1(OS(=O)(=O)NC(=O)[C@@]23C[C@H]2/C=C\CCCCC[C@H](NC(=O)OC(C)(C)C)C(=O)N2C[C@H](Oc4nccc5cc(OC)ccc45)C[C@H]2C(=O)N3)CC1.CCCC1(OS(N)(=O)=O)CC1.COc1ccc2c(O[C@@H]3C[C@H]4C(=O)N[C@]5(C(=O)O)C[C@H]5/C=C\CCCCC[C@H](NC(=O)OC(C)(C)C)C(=O)N4C3)nccc2c1. The second-order valence-electron chi connectivity index (χ2n) is 32.2. The van der Waals surface area contributed by atoms with Gasteiger partial charge < -0.3 is 64.6 Å². The third-order valence-electron chi connectivity index (χ3n) is 20.9. The molecular weight excluding hydrogens is 1480 g/mol. The van der Waals surface area contributed by atoms with E-state index in [0.717, 1.165) is 80.4 Å². The van der Waals surface area contributed by atoms with Crippen molar-refractivity contribution in [2.75, 3.05) is 27.3 Å². The van der Waals surface area contributed by atoms with Gasteiger partial charge in [-0.15, -0.1) is 0 Å². The van der Waals surface area contributed by atoms with E-state index in [-0.39, 0.29) is 44.7 Å². The Labute approximate surface area is 648 Å². The van der Waals surface area contributed by atoms with Crippen LogP contribution in [0.15, 0.2) is 85.2 Å². The molecular formula is C78H108N10O21S2. The van der Waals surface area contributed by atoms with Gasteiger partial charge in [-0.2, -0.15) is 16.8 Å². The lowest BCUT2D eigenvalue weighted by Gasteiger charge is -2.30. The second kappa shape index (κ2) is 35.0. The number of nitrogens with two attached hydrogens (primary N) is 1. The highest BCUT2D eigenvalue weighted by Gasteiger charge is 2.64. The fraction of sp³-hybridized carbons (Fsp3) is 0.615. The van der Waals surface area contributed by atoms with Crippen molar-refractivity contribution in [1.82, 2.24) is 45.8 Å². The predicted octanol–water partition coefficient (Wildman–Crippen LogP) is 9.09. The highest BCUT2D eigenvalue weighted by Crippen LogP contribution is 2.49. The van der Waals surface area contributed by atoms with Crippen LogP contribution in [0.4, 0.5) is 9.59 Å². The quantitative estimate of drug-likeness (QED) is 0.0430. The minimum atomic E-state index is -4.49. The zero-order valence-corrected chi connectivity index (χ0v) is 66.6. The summed E-state index contributed by atoms with van der Waals surface area (Å²) < 4.78 is 93.9. The number of nitrogens with zero attached hydrogens (tertiary/aromatic N) is 4. The maximum Gasteiger partial charge on any atom is 0.408 e. The molecule has 6 heterocycles. The van der Waals surface area contributed by atoms with Crippen LogP contribution in [0.3, 0.4) is 0 Å². The zero-order chi connectivity index (χ0) is 80.5. The molecule has 4 aliphatic heterocycles. The van der Waals surface area contributed by atoms with Gasteiger partial charge in [0.05, 0.1) is 38.5 Å². The summed E-state index contributed by atoms with van der Waals surface area (Å²) in [5.74, 6) is -3.06. The fourth-order valence-electron chi connectivity index (χ4n) is 14.9. The Balaban J connectivity index is 0.000000210. The van der Waals surface area contributed by atoms with Gasteiger partial charge in [0.1, 0.15) is 70.2 Å². The molecule has 608 valence electrons. The monoisotopic (exact) mass is 1580 g/mol. The number of methoxy groups -OCH3 is 2. The smallest absolute Gasteiger partial charge is 0.408 e. The molecule has 2 aromatic heterocycles. The fourth-order valence-corrected chi connectivity index (χ4v) is 16.8. The zero-order valence-electron chi connectivity index (χ0n) is 65.0. The highest BCUT2D eigenvalue weighted by molar-refractivity contribution is 7.85. The van der Waals surface area contributed by atoms with Crippen LogP contribution in [0, 0.1) is 11.8 Å². The maximum atomic E-state index is 14.5. The topological polar surface area (TPSA) is 417 Å². The van der Waals surface area contributed by atoms with Gasteiger partial charge in [0.25, 0.3) is 5.91 Å². The number of rotatable bonds is 19. The van der Waals surface area contributed by atoms with E-state index in [1.54, 1.807) is 80.3 Å². The average Bonchev–Trinajstić information content (AvgIpc) is 1.58. The Kier molecular flexibility index (Phi) is 26.7. The summed E-state index contributed by atoms with van der Waals surface area (Å²) in [7, 11) is -5.08. The number of carbonyl (C=O) groups is 8. The Hall–Kier alpha value is -8.92. The van der Waals surface area contributed by atoms with Crippen molar-refractivity contribution in [1.29, 1.82) is 0 Å². The van der Waals surface area contributed by atoms with E-state index in [2.05, 4.69) is 36.0 Å². The largest absolute Gasteiger partial charge is 0.497 e. The first-order chi connectivity index (χ1) is 52.4. The van der Waals surface area contributed by atoms with E-state index in [0.29, 0.717) is 80.0 Å². The molecule has 2 aromatic carbocycles. The highest BCUT2D eigenvalue weighted by atomic mass is 32.2. The summed E-state index contributed by atoms with van der Waals surface area (Å²) in [4.78, 5) is 121. The summed E-state index contributed by atoms with van der Waals surface area (Å²) >= 11 is 0. The number of carboxylic acids is 1. The van der Waals surface area contributed by atoms with Crippen LogP contribution < -0.4 is 50.1 Å². The molecule has 0 spiro atoms. The molecule has 10 atom stereocenters. The Morgan fingerprint density at radius 3 is 1.43 bits per heavy atom.